The summed E-state index contributed by atoms with van der Waals surface area (Å²) >= 11 is 0. The smallest absolute Gasteiger partial charge is 0.251 e. The molecule has 0 radical (unpaired) electrons. The highest BCUT2D eigenvalue weighted by Crippen LogP contribution is 2.12. The molecule has 0 bridgehead atoms. The molecule has 0 aliphatic rings. The quantitative estimate of drug-likeness (QED) is 0.818. The zero-order chi connectivity index (χ0) is 15.8. The van der Waals surface area contributed by atoms with Crippen molar-refractivity contribution in [1.82, 2.24) is 5.32 Å². The number of aryl methyl sites for hydroxylation is 1. The number of benzene rings is 1. The second kappa shape index (κ2) is 8.49. The molecule has 1 aromatic rings. The summed E-state index contributed by atoms with van der Waals surface area (Å²) in [7, 11) is 0. The van der Waals surface area contributed by atoms with Gasteiger partial charge in [0.05, 0.1) is 6.61 Å². The summed E-state index contributed by atoms with van der Waals surface area (Å²) in [6, 6.07) is 5.62. The molecular weight excluding hydrogens is 262 g/mol. The van der Waals surface area contributed by atoms with Gasteiger partial charge in [0.15, 0.2) is 0 Å². The first-order chi connectivity index (χ1) is 9.95. The molecule has 0 heterocycles. The van der Waals surface area contributed by atoms with Gasteiger partial charge in [-0.3, -0.25) is 4.79 Å². The van der Waals surface area contributed by atoms with Gasteiger partial charge in [-0.05, 0) is 36.5 Å². The number of carbonyl (C=O) groups is 1. The van der Waals surface area contributed by atoms with E-state index in [1.807, 2.05) is 25.1 Å². The number of hydrogen-bond donors (Lipinski definition) is 2. The van der Waals surface area contributed by atoms with Gasteiger partial charge in [-0.25, -0.2) is 0 Å². The maximum atomic E-state index is 12.3. The molecule has 3 nitrogen and oxygen atoms in total. The average molecular weight is 287 g/mol. The average Bonchev–Trinajstić information content (AvgIpc) is 2.46. The largest absolute Gasteiger partial charge is 0.395 e. The summed E-state index contributed by atoms with van der Waals surface area (Å²) in [5, 5.41) is 11.7. The van der Waals surface area contributed by atoms with Crippen LogP contribution >= 0.6 is 0 Å². The van der Waals surface area contributed by atoms with Crippen LogP contribution in [0.3, 0.4) is 0 Å². The van der Waals surface area contributed by atoms with Crippen molar-refractivity contribution in [2.24, 2.45) is 11.8 Å². The van der Waals surface area contributed by atoms with Crippen LogP contribution in [0.15, 0.2) is 18.2 Å². The Balaban J connectivity index is 2.79. The van der Waals surface area contributed by atoms with E-state index in [1.165, 1.54) is 0 Å². The van der Waals surface area contributed by atoms with Crippen LogP contribution in [0, 0.1) is 30.6 Å². The number of rotatable bonds is 5. The zero-order valence-electron chi connectivity index (χ0n) is 13.4. The summed E-state index contributed by atoms with van der Waals surface area (Å²) in [6.07, 6.45) is 0.446. The fourth-order valence-corrected chi connectivity index (χ4v) is 1.75. The Kier molecular flexibility index (Phi) is 6.98. The SMILES string of the molecule is Cc1ccc(C#CCCO)cc1C(=O)NCC(C)C(C)C. The molecule has 1 amide bonds. The van der Waals surface area contributed by atoms with Gasteiger partial charge in [-0.15, -0.1) is 0 Å². The summed E-state index contributed by atoms with van der Waals surface area (Å²) in [4.78, 5) is 12.3. The van der Waals surface area contributed by atoms with E-state index >= 15 is 0 Å². The maximum Gasteiger partial charge on any atom is 0.251 e. The van der Waals surface area contributed by atoms with Gasteiger partial charge >= 0.3 is 0 Å². The van der Waals surface area contributed by atoms with Crippen molar-refractivity contribution in [3.63, 3.8) is 0 Å². The summed E-state index contributed by atoms with van der Waals surface area (Å²) < 4.78 is 0. The van der Waals surface area contributed by atoms with Crippen LogP contribution in [0.1, 0.15) is 48.7 Å². The predicted octanol–water partition coefficient (Wildman–Crippen LogP) is 2.75. The molecule has 1 atom stereocenters. The lowest BCUT2D eigenvalue weighted by atomic mass is 9.98. The van der Waals surface area contributed by atoms with Crippen molar-refractivity contribution in [2.45, 2.75) is 34.1 Å². The summed E-state index contributed by atoms with van der Waals surface area (Å²) in [5.41, 5.74) is 2.41. The normalized spacial score (nSPS) is 11.7. The summed E-state index contributed by atoms with van der Waals surface area (Å²) in [6.45, 7) is 9.09. The molecule has 1 unspecified atom stereocenters. The molecule has 0 aromatic heterocycles. The molecule has 2 N–H and O–H groups in total. The van der Waals surface area contributed by atoms with E-state index in [4.69, 9.17) is 5.11 Å². The van der Waals surface area contributed by atoms with E-state index in [1.54, 1.807) is 0 Å². The molecular formula is C18H25NO2. The maximum absolute atomic E-state index is 12.3. The van der Waals surface area contributed by atoms with Gasteiger partial charge in [0.2, 0.25) is 0 Å². The van der Waals surface area contributed by atoms with Gasteiger partial charge in [0, 0.05) is 24.1 Å². The monoisotopic (exact) mass is 287 g/mol. The van der Waals surface area contributed by atoms with Crippen molar-refractivity contribution in [1.29, 1.82) is 0 Å². The Bertz CT molecular complexity index is 538. The number of carbonyl (C=O) groups excluding carboxylic acids is 1. The molecule has 1 rings (SSSR count). The number of amides is 1. The number of hydrogen-bond acceptors (Lipinski definition) is 2. The van der Waals surface area contributed by atoms with Crippen molar-refractivity contribution in [2.75, 3.05) is 13.2 Å². The molecule has 0 aliphatic carbocycles. The third-order valence-electron chi connectivity index (χ3n) is 3.67. The highest BCUT2D eigenvalue weighted by Gasteiger charge is 2.12. The van der Waals surface area contributed by atoms with Crippen LogP contribution in [-0.4, -0.2) is 24.2 Å². The molecule has 1 aromatic carbocycles. The van der Waals surface area contributed by atoms with Crippen LogP contribution in [0.2, 0.25) is 0 Å². The predicted molar refractivity (Wildman–Crippen MR) is 86.1 cm³/mol. The lowest BCUT2D eigenvalue weighted by Gasteiger charge is -2.16. The Morgan fingerprint density at radius 2 is 2.05 bits per heavy atom. The lowest BCUT2D eigenvalue weighted by Crippen LogP contribution is -2.30. The number of aliphatic hydroxyl groups is 1. The van der Waals surface area contributed by atoms with E-state index < -0.39 is 0 Å². The third-order valence-corrected chi connectivity index (χ3v) is 3.67. The van der Waals surface area contributed by atoms with Crippen molar-refractivity contribution < 1.29 is 9.90 Å². The van der Waals surface area contributed by atoms with Crippen molar-refractivity contribution >= 4 is 5.91 Å². The van der Waals surface area contributed by atoms with E-state index in [2.05, 4.69) is 37.9 Å². The third kappa shape index (κ3) is 5.61. The topological polar surface area (TPSA) is 49.3 Å². The summed E-state index contributed by atoms with van der Waals surface area (Å²) in [5.74, 6) is 6.77. The molecule has 0 saturated carbocycles. The van der Waals surface area contributed by atoms with Crippen LogP contribution < -0.4 is 5.32 Å². The molecule has 3 heteroatoms. The minimum absolute atomic E-state index is 0.0502. The fraction of sp³-hybridized carbons (Fsp3) is 0.500. The Hall–Kier alpha value is -1.79. The minimum Gasteiger partial charge on any atom is -0.395 e. The van der Waals surface area contributed by atoms with Gasteiger partial charge < -0.3 is 10.4 Å². The van der Waals surface area contributed by atoms with E-state index in [-0.39, 0.29) is 12.5 Å². The Labute approximate surface area is 127 Å². The first-order valence-electron chi connectivity index (χ1n) is 7.44. The van der Waals surface area contributed by atoms with E-state index in [9.17, 15) is 4.79 Å². The second-order valence-electron chi connectivity index (χ2n) is 5.74. The van der Waals surface area contributed by atoms with Gasteiger partial charge in [0.1, 0.15) is 0 Å². The van der Waals surface area contributed by atoms with E-state index in [0.717, 1.165) is 11.1 Å². The second-order valence-corrected chi connectivity index (χ2v) is 5.74. The zero-order valence-corrected chi connectivity index (χ0v) is 13.4. The lowest BCUT2D eigenvalue weighted by molar-refractivity contribution is 0.0944. The van der Waals surface area contributed by atoms with Crippen LogP contribution in [0.4, 0.5) is 0 Å². The molecule has 0 aliphatic heterocycles. The highest BCUT2D eigenvalue weighted by atomic mass is 16.2. The molecule has 0 fully saturated rings. The minimum atomic E-state index is -0.0502. The first kappa shape index (κ1) is 17.3. The first-order valence-corrected chi connectivity index (χ1v) is 7.44. The van der Waals surface area contributed by atoms with Gasteiger partial charge in [-0.2, -0.15) is 0 Å². The molecule has 114 valence electrons. The number of aliphatic hydroxyl groups excluding tert-OH is 1. The molecule has 0 saturated heterocycles. The van der Waals surface area contributed by atoms with Gasteiger partial charge in [0.25, 0.3) is 5.91 Å². The number of nitrogens with one attached hydrogen (secondary N) is 1. The molecule has 0 spiro atoms. The van der Waals surface area contributed by atoms with E-state index in [0.29, 0.717) is 30.4 Å². The molecule has 21 heavy (non-hydrogen) atoms. The standard InChI is InChI=1S/C18H25NO2/c1-13(2)15(4)12-19-18(21)17-11-16(7-5-6-10-20)9-8-14(17)3/h8-9,11,13,15,20H,6,10,12H2,1-4H3,(H,19,21). The Morgan fingerprint density at radius 3 is 2.67 bits per heavy atom. The van der Waals surface area contributed by atoms with Gasteiger partial charge in [-0.1, -0.05) is 38.7 Å². The van der Waals surface area contributed by atoms with Crippen LogP contribution in [-0.2, 0) is 0 Å². The van der Waals surface area contributed by atoms with Crippen LogP contribution in [0.25, 0.3) is 0 Å². The van der Waals surface area contributed by atoms with Crippen molar-refractivity contribution in [3.8, 4) is 11.8 Å². The fourth-order valence-electron chi connectivity index (χ4n) is 1.75. The van der Waals surface area contributed by atoms with Crippen LogP contribution in [0.5, 0.6) is 0 Å². The Morgan fingerprint density at radius 1 is 1.33 bits per heavy atom. The van der Waals surface area contributed by atoms with Crippen molar-refractivity contribution in [3.05, 3.63) is 34.9 Å². The highest BCUT2D eigenvalue weighted by molar-refractivity contribution is 5.96.